The molecule has 1 aliphatic rings. The van der Waals surface area contributed by atoms with E-state index in [9.17, 15) is 4.79 Å². The Morgan fingerprint density at radius 3 is 2.94 bits per heavy atom. The Balaban J connectivity index is 1.47. The van der Waals surface area contributed by atoms with Gasteiger partial charge in [-0.25, -0.2) is 0 Å². The van der Waals surface area contributed by atoms with Crippen LogP contribution in [0.25, 0.3) is 11.4 Å². The van der Waals surface area contributed by atoms with Crippen LogP contribution >= 0.6 is 23.1 Å². The molecule has 3 aromatic rings. The summed E-state index contributed by atoms with van der Waals surface area (Å²) in [6, 6.07) is 7.27. The maximum atomic E-state index is 12.4. The lowest BCUT2D eigenvalue weighted by Crippen LogP contribution is -2.14. The molecule has 1 aliphatic carbocycles. The second-order valence-corrected chi connectivity index (χ2v) is 9.58. The zero-order chi connectivity index (χ0) is 21.8. The number of nitrogens with one attached hydrogen (secondary N) is 1. The highest BCUT2D eigenvalue weighted by atomic mass is 32.2. The van der Waals surface area contributed by atoms with Crippen molar-refractivity contribution in [3.63, 3.8) is 0 Å². The van der Waals surface area contributed by atoms with Gasteiger partial charge in [-0.1, -0.05) is 24.8 Å². The fraction of sp³-hybridized carbons (Fsp3) is 0.348. The molecule has 2 aromatic heterocycles. The minimum Gasteiger partial charge on any atom is -0.497 e. The van der Waals surface area contributed by atoms with Crippen LogP contribution in [0.1, 0.15) is 23.8 Å². The highest BCUT2D eigenvalue weighted by Gasteiger charge is 2.24. The summed E-state index contributed by atoms with van der Waals surface area (Å²) in [5.74, 6) is 2.51. The highest BCUT2D eigenvalue weighted by Crippen LogP contribution is 2.38. The number of amides is 1. The van der Waals surface area contributed by atoms with E-state index in [0.717, 1.165) is 41.2 Å². The molecule has 1 amide bonds. The van der Waals surface area contributed by atoms with Gasteiger partial charge in [-0.2, -0.15) is 0 Å². The number of nitrogens with zero attached hydrogens (tertiary/aromatic N) is 3. The first kappa shape index (κ1) is 21.6. The van der Waals surface area contributed by atoms with E-state index in [4.69, 9.17) is 4.74 Å². The van der Waals surface area contributed by atoms with Crippen molar-refractivity contribution < 1.29 is 9.53 Å². The van der Waals surface area contributed by atoms with Gasteiger partial charge in [0.2, 0.25) is 5.91 Å². The van der Waals surface area contributed by atoms with Crippen LogP contribution in [0.4, 0.5) is 5.69 Å². The lowest BCUT2D eigenvalue weighted by Gasteiger charge is -2.19. The average molecular weight is 455 g/mol. The number of anilines is 1. The first-order chi connectivity index (χ1) is 15.1. The summed E-state index contributed by atoms with van der Waals surface area (Å²) < 4.78 is 7.20. The van der Waals surface area contributed by atoms with Crippen molar-refractivity contribution in [2.24, 2.45) is 5.92 Å². The lowest BCUT2D eigenvalue weighted by molar-refractivity contribution is -0.113. The Bertz CT molecular complexity index is 1070. The molecule has 1 atom stereocenters. The number of fused-ring (bicyclic) bond motifs is 1. The van der Waals surface area contributed by atoms with E-state index in [1.165, 1.54) is 34.2 Å². The third-order valence-corrected chi connectivity index (χ3v) is 7.40. The smallest absolute Gasteiger partial charge is 0.234 e. The molecule has 0 saturated heterocycles. The number of aromatic nitrogens is 3. The van der Waals surface area contributed by atoms with Crippen molar-refractivity contribution in [3.8, 4) is 17.1 Å². The molecule has 0 radical (unpaired) electrons. The molecule has 0 saturated carbocycles. The topological polar surface area (TPSA) is 69.0 Å². The van der Waals surface area contributed by atoms with E-state index in [1.807, 2.05) is 41.7 Å². The fourth-order valence-corrected chi connectivity index (χ4v) is 5.75. The number of ether oxygens (including phenoxy) is 1. The summed E-state index contributed by atoms with van der Waals surface area (Å²) in [7, 11) is 1.62. The molecule has 0 spiro atoms. The van der Waals surface area contributed by atoms with Crippen molar-refractivity contribution in [2.45, 2.75) is 37.9 Å². The van der Waals surface area contributed by atoms with Crippen LogP contribution in [0.2, 0.25) is 0 Å². The zero-order valence-electron chi connectivity index (χ0n) is 17.8. The lowest BCUT2D eigenvalue weighted by atomic mass is 9.88. The molecular weight excluding hydrogens is 428 g/mol. The van der Waals surface area contributed by atoms with Crippen molar-refractivity contribution in [2.75, 3.05) is 18.2 Å². The Hall–Kier alpha value is -2.58. The third kappa shape index (κ3) is 4.85. The van der Waals surface area contributed by atoms with Crippen LogP contribution in [0.3, 0.4) is 0 Å². The van der Waals surface area contributed by atoms with Gasteiger partial charge in [-0.15, -0.1) is 28.1 Å². The molecule has 6 nitrogen and oxygen atoms in total. The van der Waals surface area contributed by atoms with Gasteiger partial charge in [0.25, 0.3) is 0 Å². The van der Waals surface area contributed by atoms with Gasteiger partial charge in [-0.3, -0.25) is 9.36 Å². The van der Waals surface area contributed by atoms with Gasteiger partial charge >= 0.3 is 0 Å². The maximum absolute atomic E-state index is 12.4. The van der Waals surface area contributed by atoms with Crippen LogP contribution in [-0.2, 0) is 24.2 Å². The monoisotopic (exact) mass is 454 g/mol. The molecule has 1 aromatic carbocycles. The Morgan fingerprint density at radius 1 is 1.39 bits per heavy atom. The van der Waals surface area contributed by atoms with Crippen LogP contribution in [0, 0.1) is 5.92 Å². The Morgan fingerprint density at radius 2 is 2.19 bits per heavy atom. The predicted octanol–water partition coefficient (Wildman–Crippen LogP) is 5.06. The number of benzene rings is 1. The summed E-state index contributed by atoms with van der Waals surface area (Å²) >= 11 is 3.21. The van der Waals surface area contributed by atoms with Crippen LogP contribution in [-0.4, -0.2) is 33.5 Å². The van der Waals surface area contributed by atoms with Gasteiger partial charge in [0.05, 0.1) is 12.9 Å². The van der Waals surface area contributed by atoms with E-state index in [1.54, 1.807) is 7.11 Å². The van der Waals surface area contributed by atoms with Gasteiger partial charge in [-0.05, 0) is 55.0 Å². The number of thiophene rings is 1. The van der Waals surface area contributed by atoms with Crippen molar-refractivity contribution in [1.82, 2.24) is 14.8 Å². The Labute approximate surface area is 190 Å². The molecule has 162 valence electrons. The molecule has 31 heavy (non-hydrogen) atoms. The van der Waals surface area contributed by atoms with Crippen molar-refractivity contribution >= 4 is 34.7 Å². The minimum atomic E-state index is -0.0910. The summed E-state index contributed by atoms with van der Waals surface area (Å²) in [5, 5.41) is 14.7. The number of methoxy groups -OCH3 is 1. The maximum Gasteiger partial charge on any atom is 0.234 e. The summed E-state index contributed by atoms with van der Waals surface area (Å²) in [6.45, 7) is 6.81. The Kier molecular flexibility index (Phi) is 6.77. The molecule has 0 bridgehead atoms. The molecule has 1 unspecified atom stereocenters. The third-order valence-electron chi connectivity index (χ3n) is 5.38. The minimum absolute atomic E-state index is 0.0910. The predicted molar refractivity (Wildman–Crippen MR) is 127 cm³/mol. The van der Waals surface area contributed by atoms with E-state index in [2.05, 4.69) is 39.0 Å². The second kappa shape index (κ2) is 9.70. The number of allylic oxidation sites excluding steroid dienone is 1. The first-order valence-electron chi connectivity index (χ1n) is 10.3. The average Bonchev–Trinajstić information content (AvgIpc) is 3.36. The SMILES string of the molecule is C=CCn1c(SCC(=O)Nc2ccc(OC)cc2)nnc1-c1csc2c1CCC(C)C2. The normalized spacial score (nSPS) is 15.4. The largest absolute Gasteiger partial charge is 0.497 e. The zero-order valence-corrected chi connectivity index (χ0v) is 19.4. The van der Waals surface area contributed by atoms with E-state index < -0.39 is 0 Å². The number of thioether (sulfide) groups is 1. The molecule has 0 fully saturated rings. The summed E-state index contributed by atoms with van der Waals surface area (Å²) in [6.07, 6.45) is 5.28. The molecule has 2 heterocycles. The van der Waals surface area contributed by atoms with Crippen LogP contribution < -0.4 is 10.1 Å². The highest BCUT2D eigenvalue weighted by molar-refractivity contribution is 7.99. The standard InChI is InChI=1S/C23H26N4O2S2/c1-4-11-27-22(19-13-30-20-12-15(2)5-10-18(19)20)25-26-23(27)31-14-21(28)24-16-6-8-17(29-3)9-7-16/h4,6-9,13,15H,1,5,10-12,14H2,2-3H3,(H,24,28). The van der Waals surface area contributed by atoms with E-state index in [-0.39, 0.29) is 11.7 Å². The quantitative estimate of drug-likeness (QED) is 0.381. The molecule has 8 heteroatoms. The van der Waals surface area contributed by atoms with Gasteiger partial charge < -0.3 is 10.1 Å². The van der Waals surface area contributed by atoms with Crippen molar-refractivity contribution in [3.05, 3.63) is 52.7 Å². The molecule has 0 aliphatic heterocycles. The summed E-state index contributed by atoms with van der Waals surface area (Å²) in [5.41, 5.74) is 3.32. The number of carbonyl (C=O) groups is 1. The second-order valence-electron chi connectivity index (χ2n) is 7.67. The van der Waals surface area contributed by atoms with Crippen LogP contribution in [0.5, 0.6) is 5.75 Å². The fourth-order valence-electron chi connectivity index (χ4n) is 3.75. The van der Waals surface area contributed by atoms with Gasteiger partial charge in [0, 0.05) is 28.1 Å². The number of carbonyl (C=O) groups excluding carboxylic acids is 1. The summed E-state index contributed by atoms with van der Waals surface area (Å²) in [4.78, 5) is 13.9. The first-order valence-corrected chi connectivity index (χ1v) is 12.2. The van der Waals surface area contributed by atoms with E-state index >= 15 is 0 Å². The number of rotatable bonds is 8. The van der Waals surface area contributed by atoms with Crippen LogP contribution in [0.15, 0.2) is 47.5 Å². The van der Waals surface area contributed by atoms with E-state index in [0.29, 0.717) is 6.54 Å². The molecule has 1 N–H and O–H groups in total. The molecule has 4 rings (SSSR count). The van der Waals surface area contributed by atoms with Gasteiger partial charge in [0.1, 0.15) is 5.75 Å². The molecular formula is C23H26N4O2S2. The van der Waals surface area contributed by atoms with Gasteiger partial charge in [0.15, 0.2) is 11.0 Å². The van der Waals surface area contributed by atoms with Crippen molar-refractivity contribution in [1.29, 1.82) is 0 Å². The number of hydrogen-bond acceptors (Lipinski definition) is 6. The number of hydrogen-bond donors (Lipinski definition) is 1.